The third-order valence-electron chi connectivity index (χ3n) is 1.12. The van der Waals surface area contributed by atoms with Gasteiger partial charge in [-0.1, -0.05) is 5.59 Å². The predicted octanol–water partition coefficient (Wildman–Crippen LogP) is -1.70. The molecule has 0 radical (unpaired) electrons. The third-order valence-corrected chi connectivity index (χ3v) is 1.12. The monoisotopic (exact) mass is 161 g/mol. The van der Waals surface area contributed by atoms with Gasteiger partial charge in [-0.05, 0) is 0 Å². The largest absolute Gasteiger partial charge is 0.768 e. The molecule has 0 spiro atoms. The van der Waals surface area contributed by atoms with Crippen LogP contribution in [0.3, 0.4) is 0 Å². The second-order valence-corrected chi connectivity index (χ2v) is 1.76. The number of carbonyl (C=O) groups is 2. The Balaban J connectivity index is 2.68. The lowest BCUT2D eigenvalue weighted by molar-refractivity contribution is -0.152. The first-order chi connectivity index (χ1) is 5.16. The number of ether oxygens (including phenoxy) is 1. The molecule has 0 aromatic heterocycles. The second kappa shape index (κ2) is 2.82. The number of nitrogens with one attached hydrogen (secondary N) is 1. The lowest BCUT2D eigenvalue weighted by atomic mass is 10.3. The van der Waals surface area contributed by atoms with E-state index in [-0.39, 0.29) is 5.17 Å². The molecule has 1 fully saturated rings. The molecular formula is C4H5N2O5-. The van der Waals surface area contributed by atoms with E-state index >= 15 is 0 Å². The molecule has 0 bridgehead atoms. The zero-order chi connectivity index (χ0) is 8.43. The fourth-order valence-corrected chi connectivity index (χ4v) is 0.598. The summed E-state index contributed by atoms with van der Waals surface area (Å²) in [5.74, 6) is -1.91. The minimum atomic E-state index is -1.54. The van der Waals surface area contributed by atoms with E-state index in [4.69, 9.17) is 0 Å². The molecule has 62 valence electrons. The Morgan fingerprint density at radius 2 is 2.55 bits per heavy atom. The van der Waals surface area contributed by atoms with Crippen molar-refractivity contribution >= 4 is 11.9 Å². The molecule has 0 aromatic carbocycles. The topological polar surface area (TPSA) is 90.9 Å². The van der Waals surface area contributed by atoms with Crippen molar-refractivity contribution in [3.05, 3.63) is 5.21 Å². The maximum Gasteiger partial charge on any atom is 0.355 e. The first-order valence-electron chi connectivity index (χ1n) is 2.67. The number of methoxy groups -OCH3 is 1. The van der Waals surface area contributed by atoms with Crippen molar-refractivity contribution in [1.29, 1.82) is 0 Å². The van der Waals surface area contributed by atoms with Crippen molar-refractivity contribution < 1.29 is 19.2 Å². The van der Waals surface area contributed by atoms with Gasteiger partial charge >= 0.3 is 11.9 Å². The van der Waals surface area contributed by atoms with Gasteiger partial charge in [0.05, 0.1) is 7.11 Å². The van der Waals surface area contributed by atoms with Crippen LogP contribution in [0, 0.1) is 5.21 Å². The van der Waals surface area contributed by atoms with E-state index in [9.17, 15) is 14.8 Å². The van der Waals surface area contributed by atoms with Crippen LogP contribution in [-0.4, -0.2) is 30.3 Å². The Kier molecular flexibility index (Phi) is 2.03. The number of esters is 1. The van der Waals surface area contributed by atoms with Gasteiger partial charge in [0.1, 0.15) is 0 Å². The number of hydrogen-bond acceptors (Lipinski definition) is 7. The number of hydrogen-bond donors (Lipinski definition) is 1. The summed E-state index contributed by atoms with van der Waals surface area (Å²) in [5, 5.41) is 10.5. The molecule has 1 saturated heterocycles. The predicted molar refractivity (Wildman–Crippen MR) is 30.2 cm³/mol. The zero-order valence-electron chi connectivity index (χ0n) is 5.57. The van der Waals surface area contributed by atoms with Crippen LogP contribution in [0.1, 0.15) is 0 Å². The summed E-state index contributed by atoms with van der Waals surface area (Å²) >= 11 is 0. The first kappa shape index (κ1) is 7.92. The number of hydroxylamine groups is 1. The Bertz CT molecular complexity index is 193. The fourth-order valence-electron chi connectivity index (χ4n) is 0.598. The molecule has 11 heavy (non-hydrogen) atoms. The van der Waals surface area contributed by atoms with Crippen molar-refractivity contribution in [2.75, 3.05) is 7.11 Å². The number of hydrazine groups is 1. The van der Waals surface area contributed by atoms with Gasteiger partial charge in [0.2, 0.25) is 6.04 Å². The highest BCUT2D eigenvalue weighted by molar-refractivity contribution is 5.99. The fraction of sp³-hybridized carbons (Fsp3) is 0.500. The van der Waals surface area contributed by atoms with Crippen LogP contribution in [0.15, 0.2) is 0 Å². The van der Waals surface area contributed by atoms with Crippen molar-refractivity contribution in [3.63, 3.8) is 0 Å². The minimum absolute atomic E-state index is 0.0197. The summed E-state index contributed by atoms with van der Waals surface area (Å²) in [6.07, 6.45) is 0. The smallest absolute Gasteiger partial charge is 0.355 e. The molecule has 1 rings (SSSR count). The molecule has 1 heterocycles. The minimum Gasteiger partial charge on any atom is -0.768 e. The molecule has 1 aliphatic heterocycles. The van der Waals surface area contributed by atoms with Crippen LogP contribution in [0.2, 0.25) is 0 Å². The molecule has 0 aliphatic carbocycles. The zero-order valence-corrected chi connectivity index (χ0v) is 5.57. The van der Waals surface area contributed by atoms with Gasteiger partial charge in [0, 0.05) is 0 Å². The Morgan fingerprint density at radius 1 is 1.91 bits per heavy atom. The van der Waals surface area contributed by atoms with E-state index in [1.54, 1.807) is 5.59 Å². The second-order valence-electron chi connectivity index (χ2n) is 1.76. The summed E-state index contributed by atoms with van der Waals surface area (Å²) in [7, 11) is 1.07. The summed E-state index contributed by atoms with van der Waals surface area (Å²) in [6.45, 7) is 0. The number of rotatable bonds is 1. The standard InChI is InChI=1S/C4H5N2O5/c1-10-3(7)2-4(8)11-5-6(2)9/h2,5H,1H3/q-1. The number of carbonyl (C=O) groups excluding carboxylic acids is 2. The van der Waals surface area contributed by atoms with E-state index in [0.717, 1.165) is 7.11 Å². The average Bonchev–Trinajstić information content (AvgIpc) is 2.30. The van der Waals surface area contributed by atoms with Gasteiger partial charge in [-0.15, -0.1) is 0 Å². The normalized spacial score (nSPS) is 24.9. The highest BCUT2D eigenvalue weighted by Crippen LogP contribution is 2.05. The van der Waals surface area contributed by atoms with Crippen molar-refractivity contribution in [3.8, 4) is 0 Å². The third kappa shape index (κ3) is 1.29. The van der Waals surface area contributed by atoms with Gasteiger partial charge in [0.15, 0.2) is 0 Å². The van der Waals surface area contributed by atoms with Gasteiger partial charge < -0.3 is 14.8 Å². The maximum absolute atomic E-state index is 10.6. The van der Waals surface area contributed by atoms with Crippen molar-refractivity contribution in [1.82, 2.24) is 10.8 Å². The van der Waals surface area contributed by atoms with Gasteiger partial charge in [0.25, 0.3) is 0 Å². The van der Waals surface area contributed by atoms with E-state index in [2.05, 4.69) is 9.57 Å². The number of nitrogens with zero attached hydrogens (tertiary/aromatic N) is 1. The molecule has 0 amide bonds. The summed E-state index contributed by atoms with van der Waals surface area (Å²) < 4.78 is 4.15. The highest BCUT2D eigenvalue weighted by Gasteiger charge is 2.36. The van der Waals surface area contributed by atoms with E-state index in [1.807, 2.05) is 0 Å². The maximum atomic E-state index is 10.6. The SMILES string of the molecule is COC(=O)C1C(=O)ONN1[O-]. The molecule has 7 nitrogen and oxygen atoms in total. The van der Waals surface area contributed by atoms with E-state index < -0.39 is 18.0 Å². The lowest BCUT2D eigenvalue weighted by Gasteiger charge is -2.21. The van der Waals surface area contributed by atoms with Crippen LogP contribution < -0.4 is 5.59 Å². The van der Waals surface area contributed by atoms with Crippen molar-refractivity contribution in [2.45, 2.75) is 6.04 Å². The molecule has 1 atom stereocenters. The quantitative estimate of drug-likeness (QED) is 0.362. The van der Waals surface area contributed by atoms with Crippen molar-refractivity contribution in [2.24, 2.45) is 0 Å². The lowest BCUT2D eigenvalue weighted by Crippen LogP contribution is -2.40. The average molecular weight is 161 g/mol. The Morgan fingerprint density at radius 3 is 2.91 bits per heavy atom. The molecule has 0 saturated carbocycles. The van der Waals surface area contributed by atoms with Crippen LogP contribution in [0.25, 0.3) is 0 Å². The Labute approximate surface area is 61.4 Å². The highest BCUT2D eigenvalue weighted by atomic mass is 16.8. The van der Waals surface area contributed by atoms with Gasteiger partial charge in [-0.25, -0.2) is 9.59 Å². The van der Waals surface area contributed by atoms with Crippen LogP contribution in [0.5, 0.6) is 0 Å². The molecular weight excluding hydrogens is 156 g/mol. The summed E-state index contributed by atoms with van der Waals surface area (Å²) in [5.41, 5.74) is 1.66. The van der Waals surface area contributed by atoms with Crippen LogP contribution >= 0.6 is 0 Å². The van der Waals surface area contributed by atoms with Gasteiger partial charge in [-0.2, -0.15) is 0 Å². The van der Waals surface area contributed by atoms with Gasteiger partial charge in [-0.3, -0.25) is 5.17 Å². The molecule has 1 N–H and O–H groups in total. The molecule has 7 heteroatoms. The molecule has 1 aliphatic rings. The summed E-state index contributed by atoms with van der Waals surface area (Å²) in [6, 6.07) is -1.54. The molecule has 0 aromatic rings. The first-order valence-corrected chi connectivity index (χ1v) is 2.67. The summed E-state index contributed by atoms with van der Waals surface area (Å²) in [4.78, 5) is 25.2. The van der Waals surface area contributed by atoms with E-state index in [0.29, 0.717) is 0 Å². The molecule has 1 unspecified atom stereocenters. The van der Waals surface area contributed by atoms with E-state index in [1.165, 1.54) is 0 Å². The van der Waals surface area contributed by atoms with Crippen LogP contribution in [0.4, 0.5) is 0 Å². The van der Waals surface area contributed by atoms with Crippen LogP contribution in [-0.2, 0) is 19.2 Å². The Hall–Kier alpha value is -1.18.